The van der Waals surface area contributed by atoms with E-state index in [2.05, 4.69) is 4.98 Å². The van der Waals surface area contributed by atoms with Gasteiger partial charge >= 0.3 is 0 Å². The zero-order valence-electron chi connectivity index (χ0n) is 7.92. The van der Waals surface area contributed by atoms with Crippen molar-refractivity contribution in [2.45, 2.75) is 0 Å². The molecule has 0 fully saturated rings. The fourth-order valence-corrected chi connectivity index (χ4v) is 1.29. The molecule has 0 unspecified atom stereocenters. The maximum Gasteiger partial charge on any atom is 0.194 e. The molecular formula is C9H7F3N4. The molecule has 0 aliphatic rings. The number of nitrogens with zero attached hydrogens (tertiary/aromatic N) is 2. The summed E-state index contributed by atoms with van der Waals surface area (Å²) >= 11 is 0. The van der Waals surface area contributed by atoms with Crippen LogP contribution in [0, 0.1) is 17.5 Å². The maximum absolute atomic E-state index is 12.9. The SMILES string of the molecule is Nc1c(-c2cc(F)c(F)c(F)c2)ncn1N. The van der Waals surface area contributed by atoms with Gasteiger partial charge in [0.15, 0.2) is 23.3 Å². The van der Waals surface area contributed by atoms with Crippen molar-refractivity contribution < 1.29 is 13.2 Å². The van der Waals surface area contributed by atoms with E-state index in [0.29, 0.717) is 0 Å². The summed E-state index contributed by atoms with van der Waals surface area (Å²) in [6, 6.07) is 1.61. The molecule has 84 valence electrons. The second-order valence-corrected chi connectivity index (χ2v) is 3.14. The summed E-state index contributed by atoms with van der Waals surface area (Å²) in [7, 11) is 0. The highest BCUT2D eigenvalue weighted by Crippen LogP contribution is 2.26. The molecule has 1 aromatic heterocycles. The Labute approximate surface area is 88.3 Å². The monoisotopic (exact) mass is 228 g/mol. The molecule has 0 aliphatic heterocycles. The Hall–Kier alpha value is -2.18. The van der Waals surface area contributed by atoms with Gasteiger partial charge in [-0.25, -0.2) is 22.8 Å². The van der Waals surface area contributed by atoms with E-state index >= 15 is 0 Å². The van der Waals surface area contributed by atoms with E-state index in [1.54, 1.807) is 0 Å². The van der Waals surface area contributed by atoms with Crippen LogP contribution in [-0.2, 0) is 0 Å². The van der Waals surface area contributed by atoms with Crippen molar-refractivity contribution in [3.63, 3.8) is 0 Å². The number of hydrogen-bond donors (Lipinski definition) is 2. The van der Waals surface area contributed by atoms with Gasteiger partial charge in [-0.3, -0.25) is 0 Å². The normalized spacial score (nSPS) is 10.7. The average molecular weight is 228 g/mol. The van der Waals surface area contributed by atoms with Crippen LogP contribution in [0.4, 0.5) is 19.0 Å². The number of rotatable bonds is 1. The zero-order valence-corrected chi connectivity index (χ0v) is 7.92. The summed E-state index contributed by atoms with van der Waals surface area (Å²) in [5, 5.41) is 0. The summed E-state index contributed by atoms with van der Waals surface area (Å²) < 4.78 is 39.6. The summed E-state index contributed by atoms with van der Waals surface area (Å²) in [6.07, 6.45) is 1.18. The van der Waals surface area contributed by atoms with Gasteiger partial charge in [0, 0.05) is 5.56 Å². The Morgan fingerprint density at radius 3 is 2.12 bits per heavy atom. The Bertz CT molecular complexity index is 527. The van der Waals surface area contributed by atoms with E-state index in [1.165, 1.54) is 6.33 Å². The molecule has 0 saturated carbocycles. The van der Waals surface area contributed by atoms with E-state index in [4.69, 9.17) is 11.6 Å². The van der Waals surface area contributed by atoms with E-state index in [1.807, 2.05) is 0 Å². The second-order valence-electron chi connectivity index (χ2n) is 3.14. The van der Waals surface area contributed by atoms with Gasteiger partial charge in [-0.05, 0) is 12.1 Å². The molecule has 16 heavy (non-hydrogen) atoms. The van der Waals surface area contributed by atoms with Crippen LogP contribution in [0.15, 0.2) is 18.5 Å². The highest BCUT2D eigenvalue weighted by atomic mass is 19.2. The lowest BCUT2D eigenvalue weighted by molar-refractivity contribution is 0.447. The fourth-order valence-electron chi connectivity index (χ4n) is 1.29. The Morgan fingerprint density at radius 1 is 1.12 bits per heavy atom. The smallest absolute Gasteiger partial charge is 0.194 e. The average Bonchev–Trinajstić information content (AvgIpc) is 2.56. The lowest BCUT2D eigenvalue weighted by Gasteiger charge is -2.02. The topological polar surface area (TPSA) is 69.9 Å². The molecule has 7 heteroatoms. The van der Waals surface area contributed by atoms with E-state index in [0.717, 1.165) is 16.8 Å². The molecule has 0 atom stereocenters. The molecular weight excluding hydrogens is 221 g/mol. The van der Waals surface area contributed by atoms with Crippen LogP contribution in [0.1, 0.15) is 0 Å². The first kappa shape index (κ1) is 10.3. The molecule has 0 radical (unpaired) electrons. The third-order valence-electron chi connectivity index (χ3n) is 2.09. The van der Waals surface area contributed by atoms with Gasteiger partial charge in [0.05, 0.1) is 0 Å². The van der Waals surface area contributed by atoms with Crippen LogP contribution in [0.3, 0.4) is 0 Å². The van der Waals surface area contributed by atoms with Gasteiger partial charge in [0.1, 0.15) is 12.0 Å². The van der Waals surface area contributed by atoms with E-state index < -0.39 is 17.5 Å². The number of anilines is 1. The van der Waals surface area contributed by atoms with E-state index in [9.17, 15) is 13.2 Å². The molecule has 1 heterocycles. The maximum atomic E-state index is 12.9. The zero-order chi connectivity index (χ0) is 11.9. The molecule has 0 aliphatic carbocycles. The number of benzene rings is 1. The number of hydrogen-bond acceptors (Lipinski definition) is 3. The molecule has 1 aromatic carbocycles. The molecule has 0 spiro atoms. The first-order chi connectivity index (χ1) is 7.50. The predicted octanol–water partition coefficient (Wildman–Crippen LogP) is 1.26. The Balaban J connectivity index is 2.61. The highest BCUT2D eigenvalue weighted by molar-refractivity contribution is 5.70. The summed E-state index contributed by atoms with van der Waals surface area (Å²) in [5.41, 5.74) is 5.63. The van der Waals surface area contributed by atoms with Gasteiger partial charge in [-0.2, -0.15) is 0 Å². The van der Waals surface area contributed by atoms with Crippen molar-refractivity contribution in [1.82, 2.24) is 9.66 Å². The Morgan fingerprint density at radius 2 is 1.69 bits per heavy atom. The summed E-state index contributed by atoms with van der Waals surface area (Å²) in [4.78, 5) is 3.75. The second kappa shape index (κ2) is 3.44. The van der Waals surface area contributed by atoms with Crippen molar-refractivity contribution in [2.24, 2.45) is 0 Å². The van der Waals surface area contributed by atoms with Crippen LogP contribution in [0.2, 0.25) is 0 Å². The van der Waals surface area contributed by atoms with Crippen molar-refractivity contribution in [3.05, 3.63) is 35.9 Å². The first-order valence-corrected chi connectivity index (χ1v) is 4.23. The van der Waals surface area contributed by atoms with Crippen LogP contribution >= 0.6 is 0 Å². The number of nitrogen functional groups attached to an aromatic ring is 2. The minimum Gasteiger partial charge on any atom is -0.382 e. The van der Waals surface area contributed by atoms with Gasteiger partial charge in [0.2, 0.25) is 0 Å². The molecule has 4 nitrogen and oxygen atoms in total. The van der Waals surface area contributed by atoms with Gasteiger partial charge in [0.25, 0.3) is 0 Å². The predicted molar refractivity (Wildman–Crippen MR) is 52.1 cm³/mol. The fraction of sp³-hybridized carbons (Fsp3) is 0. The standard InChI is InChI=1S/C9H7F3N4/c10-5-1-4(2-6(11)7(5)12)8-9(13)16(14)3-15-8/h1-3H,13-14H2. The minimum absolute atomic E-state index is 0.0260. The van der Waals surface area contributed by atoms with Crippen LogP contribution < -0.4 is 11.6 Å². The highest BCUT2D eigenvalue weighted by Gasteiger charge is 2.15. The lowest BCUT2D eigenvalue weighted by atomic mass is 10.1. The Kier molecular flexibility index (Phi) is 2.22. The quantitative estimate of drug-likeness (QED) is 0.570. The van der Waals surface area contributed by atoms with Crippen molar-refractivity contribution >= 4 is 5.82 Å². The van der Waals surface area contributed by atoms with Crippen LogP contribution in [0.25, 0.3) is 11.3 Å². The summed E-state index contributed by atoms with van der Waals surface area (Å²) in [5.74, 6) is 1.24. The molecule has 2 aromatic rings. The molecule has 4 N–H and O–H groups in total. The third-order valence-corrected chi connectivity index (χ3v) is 2.09. The van der Waals surface area contributed by atoms with Crippen molar-refractivity contribution in [1.29, 1.82) is 0 Å². The lowest BCUT2D eigenvalue weighted by Crippen LogP contribution is -2.10. The summed E-state index contributed by atoms with van der Waals surface area (Å²) in [6.45, 7) is 0. The minimum atomic E-state index is -1.53. The van der Waals surface area contributed by atoms with E-state index in [-0.39, 0.29) is 17.1 Å². The van der Waals surface area contributed by atoms with Gasteiger partial charge in [-0.1, -0.05) is 0 Å². The number of halogens is 3. The number of nitrogens with two attached hydrogens (primary N) is 2. The number of imidazole rings is 1. The van der Waals surface area contributed by atoms with Gasteiger partial charge in [-0.15, -0.1) is 0 Å². The first-order valence-electron chi connectivity index (χ1n) is 4.23. The van der Waals surface area contributed by atoms with Crippen LogP contribution in [0.5, 0.6) is 0 Å². The molecule has 0 amide bonds. The van der Waals surface area contributed by atoms with Crippen molar-refractivity contribution in [3.8, 4) is 11.3 Å². The van der Waals surface area contributed by atoms with Crippen molar-refractivity contribution in [2.75, 3.05) is 11.6 Å². The third kappa shape index (κ3) is 1.46. The molecule has 2 rings (SSSR count). The molecule has 0 saturated heterocycles. The number of aromatic nitrogens is 2. The molecule has 0 bridgehead atoms. The largest absolute Gasteiger partial charge is 0.382 e. The van der Waals surface area contributed by atoms with Gasteiger partial charge < -0.3 is 11.6 Å². The van der Waals surface area contributed by atoms with Crippen LogP contribution in [-0.4, -0.2) is 9.66 Å².